The summed E-state index contributed by atoms with van der Waals surface area (Å²) < 4.78 is 23.4. The number of hydrogen-bond donors (Lipinski definition) is 2. The van der Waals surface area contributed by atoms with E-state index >= 15 is 0 Å². The van der Waals surface area contributed by atoms with Gasteiger partial charge in [-0.25, -0.2) is 13.4 Å². The van der Waals surface area contributed by atoms with Gasteiger partial charge in [0.15, 0.2) is 0 Å². The topological polar surface area (TPSA) is 108 Å². The van der Waals surface area contributed by atoms with E-state index in [1.165, 1.54) is 7.05 Å². The zero-order chi connectivity index (χ0) is 17.6. The summed E-state index contributed by atoms with van der Waals surface area (Å²) >= 11 is 0. The molecular formula is C13H24N6O3S. The molecule has 1 rings (SSSR count). The van der Waals surface area contributed by atoms with Gasteiger partial charge in [-0.05, 0) is 6.92 Å². The van der Waals surface area contributed by atoms with Crippen LogP contribution in [0.4, 0.5) is 11.8 Å². The van der Waals surface area contributed by atoms with Crippen molar-refractivity contribution in [2.45, 2.75) is 6.92 Å². The second-order valence-electron chi connectivity index (χ2n) is 5.38. The van der Waals surface area contributed by atoms with Gasteiger partial charge in [-0.2, -0.15) is 9.29 Å². The van der Waals surface area contributed by atoms with Crippen molar-refractivity contribution in [3.8, 4) is 0 Å². The van der Waals surface area contributed by atoms with E-state index in [0.29, 0.717) is 19.0 Å². The molecule has 0 saturated heterocycles. The van der Waals surface area contributed by atoms with Gasteiger partial charge in [0.25, 0.3) is 0 Å². The first-order valence-electron chi connectivity index (χ1n) is 7.04. The largest absolute Gasteiger partial charge is 0.363 e. The van der Waals surface area contributed by atoms with Gasteiger partial charge in [0.1, 0.15) is 5.82 Å². The lowest BCUT2D eigenvalue weighted by molar-refractivity contribution is -0.121. The third kappa shape index (κ3) is 6.78. The van der Waals surface area contributed by atoms with Crippen LogP contribution in [0.15, 0.2) is 6.07 Å². The van der Waals surface area contributed by atoms with Crippen LogP contribution in [-0.4, -0.2) is 75.6 Å². The molecule has 0 aliphatic rings. The minimum Gasteiger partial charge on any atom is -0.363 e. The monoisotopic (exact) mass is 344 g/mol. The molecule has 0 saturated carbocycles. The summed E-state index contributed by atoms with van der Waals surface area (Å²) in [4.78, 5) is 22.1. The molecule has 0 aliphatic heterocycles. The van der Waals surface area contributed by atoms with Crippen LogP contribution in [0.5, 0.6) is 0 Å². The average Bonchev–Trinajstić information content (AvgIpc) is 2.42. The van der Waals surface area contributed by atoms with Crippen molar-refractivity contribution >= 4 is 27.7 Å². The van der Waals surface area contributed by atoms with E-state index < -0.39 is 10.0 Å². The number of aromatic nitrogens is 2. The molecule has 0 aromatic carbocycles. The number of amides is 1. The van der Waals surface area contributed by atoms with E-state index in [2.05, 4.69) is 20.6 Å². The quantitative estimate of drug-likeness (QED) is 0.599. The van der Waals surface area contributed by atoms with Gasteiger partial charge < -0.3 is 15.5 Å². The normalized spacial score (nSPS) is 11.4. The molecule has 0 bridgehead atoms. The molecule has 0 spiro atoms. The van der Waals surface area contributed by atoms with Crippen molar-refractivity contribution in [3.63, 3.8) is 0 Å². The summed E-state index contributed by atoms with van der Waals surface area (Å²) in [5, 5.41) is 5.66. The van der Waals surface area contributed by atoms with Crippen molar-refractivity contribution < 1.29 is 13.2 Å². The van der Waals surface area contributed by atoms with Crippen molar-refractivity contribution in [2.75, 3.05) is 57.2 Å². The lowest BCUT2D eigenvalue weighted by Crippen LogP contribution is -2.39. The highest BCUT2D eigenvalue weighted by atomic mass is 32.2. The highest BCUT2D eigenvalue weighted by Gasteiger charge is 2.14. The van der Waals surface area contributed by atoms with Crippen molar-refractivity contribution in [2.24, 2.45) is 0 Å². The van der Waals surface area contributed by atoms with Crippen LogP contribution in [0.3, 0.4) is 0 Å². The minimum absolute atomic E-state index is 0.204. The third-order valence-electron chi connectivity index (χ3n) is 2.96. The zero-order valence-electron chi connectivity index (χ0n) is 14.1. The molecule has 2 N–H and O–H groups in total. The smallest absolute Gasteiger partial charge is 0.235 e. The fourth-order valence-electron chi connectivity index (χ4n) is 1.61. The highest BCUT2D eigenvalue weighted by Crippen LogP contribution is 2.11. The van der Waals surface area contributed by atoms with Crippen LogP contribution in [0.2, 0.25) is 0 Å². The molecule has 0 radical (unpaired) electrons. The third-order valence-corrected chi connectivity index (χ3v) is 4.22. The van der Waals surface area contributed by atoms with Crippen molar-refractivity contribution in [3.05, 3.63) is 11.8 Å². The molecule has 10 heteroatoms. The van der Waals surface area contributed by atoms with Crippen LogP contribution in [-0.2, 0) is 14.8 Å². The van der Waals surface area contributed by atoms with E-state index in [-0.39, 0.29) is 12.5 Å². The number of sulfonamides is 1. The van der Waals surface area contributed by atoms with E-state index in [1.807, 2.05) is 32.0 Å². The lowest BCUT2D eigenvalue weighted by Gasteiger charge is -2.15. The van der Waals surface area contributed by atoms with E-state index in [1.54, 1.807) is 0 Å². The Hall–Kier alpha value is -1.94. The molecule has 1 aromatic rings. The summed E-state index contributed by atoms with van der Waals surface area (Å²) in [6, 6.07) is 1.87. The summed E-state index contributed by atoms with van der Waals surface area (Å²) in [6.45, 7) is 2.45. The van der Waals surface area contributed by atoms with Gasteiger partial charge in [0.2, 0.25) is 21.9 Å². The SMILES string of the molecule is Cc1cc(N(C)C)nc(NCCNC(=O)CN(C)S(C)(=O)=O)n1. The van der Waals surface area contributed by atoms with Gasteiger partial charge in [0, 0.05) is 46.0 Å². The lowest BCUT2D eigenvalue weighted by atomic mass is 10.4. The second-order valence-corrected chi connectivity index (χ2v) is 7.47. The number of carbonyl (C=O) groups excluding carboxylic acids is 1. The first kappa shape index (κ1) is 19.1. The number of rotatable bonds is 8. The van der Waals surface area contributed by atoms with Crippen LogP contribution in [0.25, 0.3) is 0 Å². The molecule has 1 heterocycles. The summed E-state index contributed by atoms with van der Waals surface area (Å²) in [5.74, 6) is 0.911. The number of nitrogens with zero attached hydrogens (tertiary/aromatic N) is 4. The first-order chi connectivity index (χ1) is 10.6. The molecule has 0 unspecified atom stereocenters. The van der Waals surface area contributed by atoms with Crippen molar-refractivity contribution in [1.29, 1.82) is 0 Å². The van der Waals surface area contributed by atoms with Crippen LogP contribution in [0.1, 0.15) is 5.69 Å². The van der Waals surface area contributed by atoms with E-state index in [9.17, 15) is 13.2 Å². The van der Waals surface area contributed by atoms with Crippen LogP contribution >= 0.6 is 0 Å². The number of aryl methyl sites for hydroxylation is 1. The highest BCUT2D eigenvalue weighted by molar-refractivity contribution is 7.88. The van der Waals surface area contributed by atoms with Gasteiger partial charge in [-0.15, -0.1) is 0 Å². The summed E-state index contributed by atoms with van der Waals surface area (Å²) in [6.07, 6.45) is 1.05. The Morgan fingerprint density at radius 1 is 1.22 bits per heavy atom. The van der Waals surface area contributed by atoms with E-state index in [4.69, 9.17) is 0 Å². The van der Waals surface area contributed by atoms with Gasteiger partial charge in [-0.3, -0.25) is 4.79 Å². The maximum atomic E-state index is 11.6. The maximum Gasteiger partial charge on any atom is 0.235 e. The Bertz CT molecular complexity index is 647. The van der Waals surface area contributed by atoms with E-state index in [0.717, 1.165) is 22.1 Å². The van der Waals surface area contributed by atoms with Gasteiger partial charge in [0.05, 0.1) is 12.8 Å². The minimum atomic E-state index is -3.36. The molecule has 0 atom stereocenters. The molecule has 0 aliphatic carbocycles. The fraction of sp³-hybridized carbons (Fsp3) is 0.615. The molecule has 130 valence electrons. The molecule has 23 heavy (non-hydrogen) atoms. The maximum absolute atomic E-state index is 11.6. The first-order valence-corrected chi connectivity index (χ1v) is 8.89. The predicted octanol–water partition coefficient (Wildman–Crippen LogP) is -0.729. The average molecular weight is 344 g/mol. The molecule has 9 nitrogen and oxygen atoms in total. The Kier molecular flexibility index (Phi) is 6.70. The number of anilines is 2. The molecule has 1 aromatic heterocycles. The van der Waals surface area contributed by atoms with Crippen LogP contribution in [0, 0.1) is 6.92 Å². The second kappa shape index (κ2) is 8.06. The Morgan fingerprint density at radius 2 is 1.87 bits per heavy atom. The van der Waals surface area contributed by atoms with Gasteiger partial charge in [-0.1, -0.05) is 0 Å². The van der Waals surface area contributed by atoms with Gasteiger partial charge >= 0.3 is 0 Å². The zero-order valence-corrected chi connectivity index (χ0v) is 14.9. The number of likely N-dealkylation sites (N-methyl/N-ethyl adjacent to an activating group) is 1. The Morgan fingerprint density at radius 3 is 2.43 bits per heavy atom. The standard InChI is InChI=1S/C13H24N6O3S/c1-10-8-11(18(2)3)17-13(16-10)15-7-6-14-12(20)9-19(4)23(5,21)22/h8H,6-7,9H2,1-5H3,(H,14,20)(H,15,16,17). The predicted molar refractivity (Wildman–Crippen MR) is 90.1 cm³/mol. The Labute approximate surface area is 137 Å². The van der Waals surface area contributed by atoms with Crippen molar-refractivity contribution in [1.82, 2.24) is 19.6 Å². The number of carbonyl (C=O) groups is 1. The summed E-state index contributed by atoms with van der Waals surface area (Å²) in [5.41, 5.74) is 0.838. The fourth-order valence-corrected chi connectivity index (χ4v) is 1.96. The molecular weight excluding hydrogens is 320 g/mol. The summed E-state index contributed by atoms with van der Waals surface area (Å²) in [7, 11) is 1.79. The Balaban J connectivity index is 2.42. The molecule has 1 amide bonds. The van der Waals surface area contributed by atoms with Crippen LogP contribution < -0.4 is 15.5 Å². The number of nitrogens with one attached hydrogen (secondary N) is 2. The number of hydrogen-bond acceptors (Lipinski definition) is 7. The molecule has 0 fully saturated rings.